The fourth-order valence-corrected chi connectivity index (χ4v) is 1.06. The van der Waals surface area contributed by atoms with E-state index < -0.39 is 24.0 Å². The minimum Gasteiger partial charge on any atom is -0.465 e. The first-order chi connectivity index (χ1) is 8.51. The van der Waals surface area contributed by atoms with E-state index in [2.05, 4.69) is 5.92 Å². The lowest BCUT2D eigenvalue weighted by Crippen LogP contribution is -2.20. The third-order valence-electron chi connectivity index (χ3n) is 2.19. The summed E-state index contributed by atoms with van der Waals surface area (Å²) in [6.45, 7) is 3.34. The Hall–Kier alpha value is -2.01. The van der Waals surface area contributed by atoms with E-state index in [1.54, 1.807) is 13.8 Å². The standard InChI is InChI=1S/C13H17NO4/c1-4-11(3)18-13(16)10(2)6-7-12(15)17-9-5-8-14/h1,10-11H,5-7,9H2,2-3H3. The van der Waals surface area contributed by atoms with Gasteiger partial charge in [-0.15, -0.1) is 6.42 Å². The first kappa shape index (κ1) is 16.0. The van der Waals surface area contributed by atoms with E-state index in [1.165, 1.54) is 0 Å². The summed E-state index contributed by atoms with van der Waals surface area (Å²) in [5.74, 6) is 1.02. The van der Waals surface area contributed by atoms with Crippen LogP contribution >= 0.6 is 0 Å². The molecule has 98 valence electrons. The van der Waals surface area contributed by atoms with Crippen LogP contribution in [0.5, 0.6) is 0 Å². The van der Waals surface area contributed by atoms with Gasteiger partial charge < -0.3 is 9.47 Å². The summed E-state index contributed by atoms with van der Waals surface area (Å²) in [5, 5.41) is 8.26. The van der Waals surface area contributed by atoms with Crippen LogP contribution in [0.1, 0.15) is 33.1 Å². The van der Waals surface area contributed by atoms with Crippen molar-refractivity contribution >= 4 is 11.9 Å². The largest absolute Gasteiger partial charge is 0.465 e. The summed E-state index contributed by atoms with van der Waals surface area (Å²) < 4.78 is 9.69. The van der Waals surface area contributed by atoms with Crippen LogP contribution in [-0.2, 0) is 19.1 Å². The van der Waals surface area contributed by atoms with Gasteiger partial charge in [0.05, 0.1) is 18.4 Å². The normalized spacial score (nSPS) is 12.7. The van der Waals surface area contributed by atoms with Gasteiger partial charge in [-0.05, 0) is 13.3 Å². The van der Waals surface area contributed by atoms with Gasteiger partial charge in [0.25, 0.3) is 0 Å². The highest BCUT2D eigenvalue weighted by molar-refractivity contribution is 5.74. The number of carbonyl (C=O) groups excluding carboxylic acids is 2. The van der Waals surface area contributed by atoms with Crippen LogP contribution < -0.4 is 0 Å². The predicted octanol–water partition coefficient (Wildman–Crippen LogP) is 1.42. The van der Waals surface area contributed by atoms with Gasteiger partial charge in [-0.25, -0.2) is 0 Å². The Bertz CT molecular complexity index is 364. The van der Waals surface area contributed by atoms with Crippen LogP contribution in [0.15, 0.2) is 0 Å². The monoisotopic (exact) mass is 251 g/mol. The molecule has 0 bridgehead atoms. The molecular weight excluding hydrogens is 234 g/mol. The molecule has 0 aromatic heterocycles. The summed E-state index contributed by atoms with van der Waals surface area (Å²) >= 11 is 0. The Morgan fingerprint density at radius 2 is 2.06 bits per heavy atom. The third-order valence-corrected chi connectivity index (χ3v) is 2.19. The Labute approximate surface area is 107 Å². The fourth-order valence-electron chi connectivity index (χ4n) is 1.06. The van der Waals surface area contributed by atoms with Gasteiger partial charge in [-0.2, -0.15) is 5.26 Å². The number of rotatable bonds is 7. The number of terminal acetylenes is 1. The molecule has 0 aliphatic heterocycles. The zero-order valence-electron chi connectivity index (χ0n) is 10.6. The molecule has 2 atom stereocenters. The molecule has 0 saturated carbocycles. The second-order valence-electron chi connectivity index (χ2n) is 3.81. The summed E-state index contributed by atoms with van der Waals surface area (Å²) in [6, 6.07) is 1.86. The smallest absolute Gasteiger partial charge is 0.309 e. The summed E-state index contributed by atoms with van der Waals surface area (Å²) in [7, 11) is 0. The molecule has 5 nitrogen and oxygen atoms in total. The molecule has 0 aromatic carbocycles. The van der Waals surface area contributed by atoms with Crippen molar-refractivity contribution in [1.29, 1.82) is 5.26 Å². The number of ether oxygens (including phenoxy) is 2. The highest BCUT2D eigenvalue weighted by atomic mass is 16.5. The molecule has 0 N–H and O–H groups in total. The molecule has 0 radical (unpaired) electrons. The lowest BCUT2D eigenvalue weighted by Gasteiger charge is -2.12. The van der Waals surface area contributed by atoms with E-state index in [4.69, 9.17) is 21.2 Å². The first-order valence-electron chi connectivity index (χ1n) is 5.70. The zero-order valence-corrected chi connectivity index (χ0v) is 10.6. The van der Waals surface area contributed by atoms with Crippen LogP contribution in [0.3, 0.4) is 0 Å². The van der Waals surface area contributed by atoms with Crippen LogP contribution in [0.4, 0.5) is 0 Å². The highest BCUT2D eigenvalue weighted by Crippen LogP contribution is 2.10. The van der Waals surface area contributed by atoms with Crippen LogP contribution in [0.2, 0.25) is 0 Å². The molecule has 0 amide bonds. The van der Waals surface area contributed by atoms with Gasteiger partial charge in [0, 0.05) is 6.42 Å². The van der Waals surface area contributed by atoms with E-state index in [9.17, 15) is 9.59 Å². The maximum Gasteiger partial charge on any atom is 0.309 e. The number of carbonyl (C=O) groups is 2. The van der Waals surface area contributed by atoms with Crippen LogP contribution in [-0.4, -0.2) is 24.6 Å². The van der Waals surface area contributed by atoms with Crippen molar-refractivity contribution in [2.45, 2.75) is 39.2 Å². The minimum atomic E-state index is -0.567. The van der Waals surface area contributed by atoms with Gasteiger partial charge in [-0.3, -0.25) is 9.59 Å². The van der Waals surface area contributed by atoms with Crippen molar-refractivity contribution in [3.63, 3.8) is 0 Å². The molecule has 0 heterocycles. The highest BCUT2D eigenvalue weighted by Gasteiger charge is 2.18. The number of hydrogen-bond acceptors (Lipinski definition) is 5. The summed E-state index contributed by atoms with van der Waals surface area (Å²) in [6.07, 6.45) is 5.14. The number of nitriles is 1. The molecule has 0 aliphatic rings. The number of esters is 2. The predicted molar refractivity (Wildman–Crippen MR) is 64.0 cm³/mol. The van der Waals surface area contributed by atoms with Crippen molar-refractivity contribution in [1.82, 2.24) is 0 Å². The molecule has 0 aliphatic carbocycles. The molecule has 0 spiro atoms. The number of hydrogen-bond donors (Lipinski definition) is 0. The molecule has 0 aromatic rings. The summed E-state index contributed by atoms with van der Waals surface area (Å²) in [4.78, 5) is 22.7. The first-order valence-corrected chi connectivity index (χ1v) is 5.70. The van der Waals surface area contributed by atoms with E-state index in [-0.39, 0.29) is 19.4 Å². The number of nitrogens with zero attached hydrogens (tertiary/aromatic N) is 1. The fraction of sp³-hybridized carbons (Fsp3) is 0.615. The molecule has 0 rings (SSSR count). The second-order valence-corrected chi connectivity index (χ2v) is 3.81. The molecule has 2 unspecified atom stereocenters. The van der Waals surface area contributed by atoms with Gasteiger partial charge in [0.15, 0.2) is 6.10 Å². The Morgan fingerprint density at radius 1 is 1.39 bits per heavy atom. The van der Waals surface area contributed by atoms with Crippen molar-refractivity contribution < 1.29 is 19.1 Å². The van der Waals surface area contributed by atoms with E-state index >= 15 is 0 Å². The lowest BCUT2D eigenvalue weighted by molar-refractivity contribution is -0.151. The Kier molecular flexibility index (Phi) is 8.05. The van der Waals surface area contributed by atoms with Gasteiger partial charge in [0.1, 0.15) is 6.61 Å². The second kappa shape index (κ2) is 9.07. The minimum absolute atomic E-state index is 0.0856. The van der Waals surface area contributed by atoms with Crippen LogP contribution in [0, 0.1) is 29.6 Å². The average Bonchev–Trinajstić information content (AvgIpc) is 2.35. The van der Waals surface area contributed by atoms with Gasteiger partial charge in [-0.1, -0.05) is 12.8 Å². The maximum absolute atomic E-state index is 11.5. The topological polar surface area (TPSA) is 76.4 Å². The van der Waals surface area contributed by atoms with Crippen molar-refractivity contribution in [3.8, 4) is 18.4 Å². The Balaban J connectivity index is 3.86. The SMILES string of the molecule is C#CC(C)OC(=O)C(C)CCC(=O)OCCC#N. The van der Waals surface area contributed by atoms with Crippen molar-refractivity contribution in [3.05, 3.63) is 0 Å². The molecular formula is C13H17NO4. The Morgan fingerprint density at radius 3 is 2.61 bits per heavy atom. The molecule has 18 heavy (non-hydrogen) atoms. The molecule has 0 saturated heterocycles. The van der Waals surface area contributed by atoms with E-state index in [1.807, 2.05) is 6.07 Å². The maximum atomic E-state index is 11.5. The van der Waals surface area contributed by atoms with Crippen LogP contribution in [0.25, 0.3) is 0 Å². The van der Waals surface area contributed by atoms with E-state index in [0.717, 1.165) is 0 Å². The molecule has 0 fully saturated rings. The van der Waals surface area contributed by atoms with Gasteiger partial charge >= 0.3 is 11.9 Å². The average molecular weight is 251 g/mol. The zero-order chi connectivity index (χ0) is 14.0. The van der Waals surface area contributed by atoms with Crippen molar-refractivity contribution in [2.24, 2.45) is 5.92 Å². The quantitative estimate of drug-likeness (QED) is 0.388. The van der Waals surface area contributed by atoms with Gasteiger partial charge in [0.2, 0.25) is 0 Å². The third kappa shape index (κ3) is 7.29. The summed E-state index contributed by atoms with van der Waals surface area (Å²) in [5.41, 5.74) is 0. The van der Waals surface area contributed by atoms with E-state index in [0.29, 0.717) is 6.42 Å². The molecule has 5 heteroatoms. The lowest BCUT2D eigenvalue weighted by atomic mass is 10.1. The van der Waals surface area contributed by atoms with Crippen molar-refractivity contribution in [2.75, 3.05) is 6.61 Å².